The number of aliphatic hydroxyl groups excluding tert-OH is 1. The second kappa shape index (κ2) is 10.9. The van der Waals surface area contributed by atoms with Gasteiger partial charge in [0.1, 0.15) is 23.2 Å². The van der Waals surface area contributed by atoms with Crippen LogP contribution in [0.15, 0.2) is 126 Å². The summed E-state index contributed by atoms with van der Waals surface area (Å²) in [6.07, 6.45) is 9.33. The molecule has 0 saturated carbocycles. The van der Waals surface area contributed by atoms with E-state index in [0.29, 0.717) is 0 Å². The Morgan fingerprint density at radius 2 is 1.31 bits per heavy atom. The summed E-state index contributed by atoms with van der Waals surface area (Å²) in [7, 11) is -1.86. The fraction of sp³-hybridized carbons (Fsp3) is 0.273. The topological polar surface area (TPSA) is 20.2 Å². The molecule has 1 N–H and O–H groups in total. The summed E-state index contributed by atoms with van der Waals surface area (Å²) in [4.78, 5) is 0. The van der Waals surface area contributed by atoms with Crippen LogP contribution >= 0.6 is 7.26 Å². The highest BCUT2D eigenvalue weighted by atomic mass is 31.2. The molecule has 2 heteroatoms. The molecule has 0 heterocycles. The van der Waals surface area contributed by atoms with Gasteiger partial charge < -0.3 is 5.11 Å². The van der Waals surface area contributed by atoms with Gasteiger partial charge in [-0.05, 0) is 80.2 Å². The van der Waals surface area contributed by atoms with Crippen molar-refractivity contribution >= 4 is 23.2 Å². The number of benzene rings is 3. The van der Waals surface area contributed by atoms with Crippen molar-refractivity contribution in [2.45, 2.75) is 46.6 Å². The van der Waals surface area contributed by atoms with Gasteiger partial charge in [-0.25, -0.2) is 0 Å². The summed E-state index contributed by atoms with van der Waals surface area (Å²) >= 11 is 0. The lowest BCUT2D eigenvalue weighted by molar-refractivity contribution is 0.116. The molecule has 1 aliphatic rings. The van der Waals surface area contributed by atoms with Crippen LogP contribution in [0.4, 0.5) is 0 Å². The molecule has 1 nitrogen and oxygen atoms in total. The van der Waals surface area contributed by atoms with Gasteiger partial charge in [0.05, 0.1) is 12.3 Å². The first kappa shape index (κ1) is 25.4. The van der Waals surface area contributed by atoms with Crippen LogP contribution in [0.5, 0.6) is 0 Å². The first-order chi connectivity index (χ1) is 16.8. The van der Waals surface area contributed by atoms with Gasteiger partial charge >= 0.3 is 0 Å². The van der Waals surface area contributed by atoms with E-state index in [0.717, 1.165) is 19.0 Å². The summed E-state index contributed by atoms with van der Waals surface area (Å²) in [6, 6.07) is 33.1. The molecule has 1 unspecified atom stereocenters. The average molecular weight is 482 g/mol. The zero-order valence-corrected chi connectivity index (χ0v) is 22.4. The lowest BCUT2D eigenvalue weighted by Crippen LogP contribution is -2.33. The molecule has 4 rings (SSSR count). The van der Waals surface area contributed by atoms with Crippen molar-refractivity contribution in [2.24, 2.45) is 5.41 Å². The Morgan fingerprint density at radius 1 is 0.857 bits per heavy atom. The molecule has 0 bridgehead atoms. The van der Waals surface area contributed by atoms with Crippen LogP contribution < -0.4 is 15.9 Å². The Kier molecular flexibility index (Phi) is 7.90. The molecule has 35 heavy (non-hydrogen) atoms. The van der Waals surface area contributed by atoms with E-state index in [1.807, 2.05) is 0 Å². The molecule has 0 radical (unpaired) electrons. The van der Waals surface area contributed by atoms with Gasteiger partial charge in [0, 0.05) is 0 Å². The molecular formula is C33H38OP+. The summed E-state index contributed by atoms with van der Waals surface area (Å²) in [5.74, 6) is 0. The normalized spacial score (nSPS) is 18.8. The number of allylic oxidation sites excluding steroid dienone is 5. The zero-order valence-electron chi connectivity index (χ0n) is 21.5. The minimum atomic E-state index is -1.86. The van der Waals surface area contributed by atoms with Gasteiger partial charge in [0.15, 0.2) is 0 Å². The first-order valence-corrected chi connectivity index (χ1v) is 14.6. The molecule has 0 spiro atoms. The van der Waals surface area contributed by atoms with Gasteiger partial charge in [-0.15, -0.1) is 0 Å². The third-order valence-electron chi connectivity index (χ3n) is 7.27. The first-order valence-electron chi connectivity index (χ1n) is 12.6. The number of rotatable bonds is 7. The smallest absolute Gasteiger partial charge is 0.115 e. The van der Waals surface area contributed by atoms with E-state index in [1.165, 1.54) is 32.6 Å². The SMILES string of the molecule is CC1=C(/C=C/C(C)=C/C[P+](c2ccccc2)(c2ccccc2)c2ccccc2)C(C)(C)CC(O)C1. The van der Waals surface area contributed by atoms with Gasteiger partial charge in [0.25, 0.3) is 0 Å². The van der Waals surface area contributed by atoms with E-state index in [9.17, 15) is 5.11 Å². The van der Waals surface area contributed by atoms with Crippen LogP contribution in [-0.4, -0.2) is 17.4 Å². The third kappa shape index (κ3) is 5.58. The Bertz CT molecular complexity index is 1110. The third-order valence-corrected chi connectivity index (χ3v) is 11.5. The molecule has 180 valence electrons. The van der Waals surface area contributed by atoms with Crippen LogP contribution in [-0.2, 0) is 0 Å². The Hall–Kier alpha value is -2.73. The van der Waals surface area contributed by atoms with Crippen LogP contribution in [0.25, 0.3) is 0 Å². The van der Waals surface area contributed by atoms with E-state index >= 15 is 0 Å². The maximum atomic E-state index is 10.2. The Balaban J connectivity index is 1.76. The highest BCUT2D eigenvalue weighted by Crippen LogP contribution is 2.55. The van der Waals surface area contributed by atoms with Gasteiger partial charge in [-0.3, -0.25) is 0 Å². The number of hydrogen-bond acceptors (Lipinski definition) is 1. The van der Waals surface area contributed by atoms with Gasteiger partial charge in [0.2, 0.25) is 0 Å². The second-order valence-electron chi connectivity index (χ2n) is 10.4. The molecule has 0 saturated heterocycles. The highest BCUT2D eigenvalue weighted by Gasteiger charge is 2.44. The standard InChI is InChI=1S/C33H38OP/c1-26(20-21-32-27(2)24-28(34)25-33(32,3)4)22-23-35(29-14-8-5-9-15-29,30-16-10-6-11-17-30)31-18-12-7-13-19-31/h5-22,28,34H,23-25H2,1-4H3/q+1/b21-20+,26-22+. The van der Waals surface area contributed by atoms with Gasteiger partial charge in [-0.2, -0.15) is 0 Å². The highest BCUT2D eigenvalue weighted by molar-refractivity contribution is 7.95. The van der Waals surface area contributed by atoms with Crippen molar-refractivity contribution in [2.75, 3.05) is 6.16 Å². The lowest BCUT2D eigenvalue weighted by Gasteiger charge is -2.35. The van der Waals surface area contributed by atoms with Crippen molar-refractivity contribution < 1.29 is 5.11 Å². The molecule has 0 aromatic heterocycles. The lowest BCUT2D eigenvalue weighted by atomic mass is 9.71. The van der Waals surface area contributed by atoms with E-state index in [-0.39, 0.29) is 11.5 Å². The maximum absolute atomic E-state index is 10.2. The molecule has 3 aromatic carbocycles. The van der Waals surface area contributed by atoms with Crippen molar-refractivity contribution in [1.82, 2.24) is 0 Å². The number of aliphatic hydroxyl groups is 1. The Labute approximate surface area is 212 Å². The van der Waals surface area contributed by atoms with Crippen molar-refractivity contribution in [1.29, 1.82) is 0 Å². The quantitative estimate of drug-likeness (QED) is 0.285. The van der Waals surface area contributed by atoms with Crippen LogP contribution in [0.3, 0.4) is 0 Å². The predicted octanol–water partition coefficient (Wildman–Crippen LogP) is 6.98. The molecular weight excluding hydrogens is 443 g/mol. The summed E-state index contributed by atoms with van der Waals surface area (Å²) < 4.78 is 0. The molecule has 3 aromatic rings. The van der Waals surface area contributed by atoms with Crippen LogP contribution in [0, 0.1) is 5.41 Å². The predicted molar refractivity (Wildman–Crippen MR) is 155 cm³/mol. The van der Waals surface area contributed by atoms with Crippen molar-refractivity contribution in [3.63, 3.8) is 0 Å². The minimum Gasteiger partial charge on any atom is -0.393 e. The summed E-state index contributed by atoms with van der Waals surface area (Å²) in [5.41, 5.74) is 3.94. The summed E-state index contributed by atoms with van der Waals surface area (Å²) in [6.45, 7) is 8.87. The average Bonchev–Trinajstić information content (AvgIpc) is 2.85. The van der Waals surface area contributed by atoms with E-state index in [2.05, 4.69) is 137 Å². The fourth-order valence-corrected chi connectivity index (χ4v) is 9.69. The van der Waals surface area contributed by atoms with E-state index in [1.54, 1.807) is 0 Å². The molecule has 1 atom stereocenters. The summed E-state index contributed by atoms with van der Waals surface area (Å²) in [5, 5.41) is 14.5. The minimum absolute atomic E-state index is 0.00654. The number of hydrogen-bond donors (Lipinski definition) is 1. The fourth-order valence-electron chi connectivity index (χ4n) is 5.55. The van der Waals surface area contributed by atoms with E-state index in [4.69, 9.17) is 0 Å². The van der Waals surface area contributed by atoms with Crippen LogP contribution in [0.1, 0.15) is 40.5 Å². The molecule has 0 fully saturated rings. The second-order valence-corrected chi connectivity index (χ2v) is 14.0. The van der Waals surface area contributed by atoms with E-state index < -0.39 is 7.26 Å². The maximum Gasteiger partial charge on any atom is 0.115 e. The molecule has 0 aliphatic heterocycles. The Morgan fingerprint density at radius 3 is 1.74 bits per heavy atom. The van der Waals surface area contributed by atoms with Crippen LogP contribution in [0.2, 0.25) is 0 Å². The zero-order chi connectivity index (χ0) is 24.9. The monoisotopic (exact) mass is 481 g/mol. The van der Waals surface area contributed by atoms with Gasteiger partial charge in [-0.1, -0.05) is 91.7 Å². The molecule has 1 aliphatic carbocycles. The largest absolute Gasteiger partial charge is 0.393 e. The van der Waals surface area contributed by atoms with Crippen molar-refractivity contribution in [3.05, 3.63) is 126 Å². The molecule has 0 amide bonds. The van der Waals surface area contributed by atoms with Crippen molar-refractivity contribution in [3.8, 4) is 0 Å².